The summed E-state index contributed by atoms with van der Waals surface area (Å²) in [6.45, 7) is 0.689. The highest BCUT2D eigenvalue weighted by molar-refractivity contribution is 5.26. The number of rotatable bonds is 4. The molecule has 0 radical (unpaired) electrons. The molecule has 0 aromatic heterocycles. The average Bonchev–Trinajstić information content (AvgIpc) is 2.95. The highest BCUT2D eigenvalue weighted by Gasteiger charge is 2.48. The molecule has 0 N–H and O–H groups in total. The number of methoxy groups -OCH3 is 1. The first kappa shape index (κ1) is 10.1. The van der Waals surface area contributed by atoms with E-state index < -0.39 is 0 Å². The normalized spacial score (nSPS) is 31.2. The zero-order chi connectivity index (χ0) is 11.0. The molecular formula is C13H16O3. The van der Waals surface area contributed by atoms with Crippen LogP contribution < -0.4 is 4.74 Å². The standard InChI is InChI=1S/C13H16O3/c1-14-10-4-2-9(3-5-10)8-15-11-6-12-13(7-11)16-12/h2-5,11-13H,6-8H2,1H3/t11?,12-,13+. The molecule has 0 amide bonds. The van der Waals surface area contributed by atoms with Crippen molar-refractivity contribution in [1.29, 1.82) is 0 Å². The summed E-state index contributed by atoms with van der Waals surface area (Å²) in [5.74, 6) is 0.888. The molecule has 1 unspecified atom stereocenters. The summed E-state index contributed by atoms with van der Waals surface area (Å²) in [7, 11) is 1.68. The fraction of sp³-hybridized carbons (Fsp3) is 0.538. The van der Waals surface area contributed by atoms with Crippen molar-refractivity contribution in [2.75, 3.05) is 7.11 Å². The molecule has 1 aliphatic carbocycles. The molecule has 3 rings (SSSR count). The summed E-state index contributed by atoms with van der Waals surface area (Å²) in [4.78, 5) is 0. The second-order valence-corrected chi connectivity index (χ2v) is 4.47. The molecule has 1 saturated carbocycles. The van der Waals surface area contributed by atoms with E-state index in [1.807, 2.05) is 24.3 Å². The number of benzene rings is 1. The van der Waals surface area contributed by atoms with Crippen LogP contribution in [0.5, 0.6) is 5.75 Å². The Morgan fingerprint density at radius 1 is 1.19 bits per heavy atom. The molecule has 86 valence electrons. The maximum Gasteiger partial charge on any atom is 0.118 e. The first-order valence-corrected chi connectivity index (χ1v) is 5.75. The zero-order valence-electron chi connectivity index (χ0n) is 9.39. The van der Waals surface area contributed by atoms with Gasteiger partial charge in [0.2, 0.25) is 0 Å². The van der Waals surface area contributed by atoms with Crippen LogP contribution in [0.15, 0.2) is 24.3 Å². The maximum atomic E-state index is 5.84. The van der Waals surface area contributed by atoms with Crippen molar-refractivity contribution in [2.45, 2.75) is 37.8 Å². The van der Waals surface area contributed by atoms with E-state index >= 15 is 0 Å². The minimum atomic E-state index is 0.394. The van der Waals surface area contributed by atoms with E-state index in [2.05, 4.69) is 0 Å². The molecule has 1 saturated heterocycles. The lowest BCUT2D eigenvalue weighted by molar-refractivity contribution is 0.0221. The van der Waals surface area contributed by atoms with E-state index in [4.69, 9.17) is 14.2 Å². The third-order valence-electron chi connectivity index (χ3n) is 3.32. The minimum Gasteiger partial charge on any atom is -0.497 e. The van der Waals surface area contributed by atoms with Gasteiger partial charge in [-0.25, -0.2) is 0 Å². The lowest BCUT2D eigenvalue weighted by Gasteiger charge is -2.13. The summed E-state index contributed by atoms with van der Waals surface area (Å²) < 4.78 is 16.3. The Balaban J connectivity index is 1.50. The van der Waals surface area contributed by atoms with Gasteiger partial charge in [0, 0.05) is 12.8 Å². The molecule has 3 atom stereocenters. The van der Waals surface area contributed by atoms with Gasteiger partial charge in [0.1, 0.15) is 5.75 Å². The Morgan fingerprint density at radius 3 is 2.50 bits per heavy atom. The zero-order valence-corrected chi connectivity index (χ0v) is 9.39. The van der Waals surface area contributed by atoms with Crippen LogP contribution in [0.4, 0.5) is 0 Å². The van der Waals surface area contributed by atoms with Crippen LogP contribution in [-0.4, -0.2) is 25.4 Å². The van der Waals surface area contributed by atoms with Gasteiger partial charge in [-0.1, -0.05) is 12.1 Å². The van der Waals surface area contributed by atoms with E-state index in [-0.39, 0.29) is 0 Å². The van der Waals surface area contributed by atoms with Crippen LogP contribution >= 0.6 is 0 Å². The maximum absolute atomic E-state index is 5.84. The van der Waals surface area contributed by atoms with Crippen molar-refractivity contribution in [1.82, 2.24) is 0 Å². The van der Waals surface area contributed by atoms with Crippen LogP contribution in [-0.2, 0) is 16.1 Å². The molecule has 2 aliphatic rings. The van der Waals surface area contributed by atoms with Gasteiger partial charge in [0.05, 0.1) is 32.0 Å². The predicted molar refractivity (Wildman–Crippen MR) is 59.5 cm³/mol. The van der Waals surface area contributed by atoms with Crippen molar-refractivity contribution in [3.63, 3.8) is 0 Å². The van der Waals surface area contributed by atoms with Gasteiger partial charge in [0.15, 0.2) is 0 Å². The second-order valence-electron chi connectivity index (χ2n) is 4.47. The van der Waals surface area contributed by atoms with Gasteiger partial charge in [0.25, 0.3) is 0 Å². The number of ether oxygens (including phenoxy) is 3. The molecule has 1 aromatic carbocycles. The fourth-order valence-corrected chi connectivity index (χ4v) is 2.28. The first-order valence-electron chi connectivity index (χ1n) is 5.75. The van der Waals surface area contributed by atoms with Crippen molar-refractivity contribution < 1.29 is 14.2 Å². The summed E-state index contributed by atoms with van der Waals surface area (Å²) in [5.41, 5.74) is 1.20. The molecule has 1 aromatic rings. The fourth-order valence-electron chi connectivity index (χ4n) is 2.28. The lowest BCUT2D eigenvalue weighted by Crippen LogP contribution is -2.11. The van der Waals surface area contributed by atoms with Crippen molar-refractivity contribution >= 4 is 0 Å². The van der Waals surface area contributed by atoms with Gasteiger partial charge in [-0.2, -0.15) is 0 Å². The Bertz CT molecular complexity index is 350. The number of epoxide rings is 1. The van der Waals surface area contributed by atoms with Crippen LogP contribution in [0.3, 0.4) is 0 Å². The SMILES string of the molecule is COc1ccc(COC2C[C@@H]3O[C@@H]3C2)cc1. The van der Waals surface area contributed by atoms with E-state index in [0.29, 0.717) is 24.9 Å². The average molecular weight is 220 g/mol. The molecule has 0 bridgehead atoms. The van der Waals surface area contributed by atoms with Gasteiger partial charge in [-0.15, -0.1) is 0 Å². The van der Waals surface area contributed by atoms with Crippen molar-refractivity contribution in [3.05, 3.63) is 29.8 Å². The highest BCUT2D eigenvalue weighted by Crippen LogP contribution is 2.40. The summed E-state index contributed by atoms with van der Waals surface area (Å²) in [6, 6.07) is 8.03. The van der Waals surface area contributed by atoms with Gasteiger partial charge in [-0.05, 0) is 17.7 Å². The molecule has 0 spiro atoms. The van der Waals surface area contributed by atoms with E-state index in [1.165, 1.54) is 5.56 Å². The number of hydrogen-bond acceptors (Lipinski definition) is 3. The quantitative estimate of drug-likeness (QED) is 0.728. The number of fused-ring (bicyclic) bond motifs is 1. The summed E-state index contributed by atoms with van der Waals surface area (Å²) in [6.07, 6.45) is 3.54. The molecule has 2 fully saturated rings. The molecule has 3 nitrogen and oxygen atoms in total. The summed E-state index contributed by atoms with van der Waals surface area (Å²) >= 11 is 0. The smallest absolute Gasteiger partial charge is 0.118 e. The van der Waals surface area contributed by atoms with Crippen LogP contribution in [0.2, 0.25) is 0 Å². The molecular weight excluding hydrogens is 204 g/mol. The molecule has 3 heteroatoms. The Hall–Kier alpha value is -1.06. The van der Waals surface area contributed by atoms with Gasteiger partial charge >= 0.3 is 0 Å². The van der Waals surface area contributed by atoms with E-state index in [0.717, 1.165) is 18.6 Å². The topological polar surface area (TPSA) is 31.0 Å². The Labute approximate surface area is 95.3 Å². The Kier molecular flexibility index (Phi) is 2.58. The largest absolute Gasteiger partial charge is 0.497 e. The van der Waals surface area contributed by atoms with Crippen LogP contribution in [0.1, 0.15) is 18.4 Å². The first-order chi connectivity index (χ1) is 7.85. The minimum absolute atomic E-state index is 0.394. The lowest BCUT2D eigenvalue weighted by atomic mass is 10.2. The van der Waals surface area contributed by atoms with E-state index in [9.17, 15) is 0 Å². The van der Waals surface area contributed by atoms with Crippen molar-refractivity contribution in [2.24, 2.45) is 0 Å². The van der Waals surface area contributed by atoms with Crippen LogP contribution in [0.25, 0.3) is 0 Å². The van der Waals surface area contributed by atoms with Crippen molar-refractivity contribution in [3.8, 4) is 5.75 Å². The van der Waals surface area contributed by atoms with Crippen LogP contribution in [0, 0.1) is 0 Å². The third kappa shape index (κ3) is 2.06. The monoisotopic (exact) mass is 220 g/mol. The highest BCUT2D eigenvalue weighted by atomic mass is 16.6. The third-order valence-corrected chi connectivity index (χ3v) is 3.32. The second kappa shape index (κ2) is 4.07. The summed E-state index contributed by atoms with van der Waals surface area (Å²) in [5, 5.41) is 0. The number of hydrogen-bond donors (Lipinski definition) is 0. The van der Waals surface area contributed by atoms with Gasteiger partial charge < -0.3 is 14.2 Å². The van der Waals surface area contributed by atoms with Gasteiger partial charge in [-0.3, -0.25) is 0 Å². The molecule has 16 heavy (non-hydrogen) atoms. The van der Waals surface area contributed by atoms with E-state index in [1.54, 1.807) is 7.11 Å². The molecule has 1 heterocycles. The Morgan fingerprint density at radius 2 is 1.88 bits per heavy atom. The molecule has 1 aliphatic heterocycles. The predicted octanol–water partition coefficient (Wildman–Crippen LogP) is 2.14.